The van der Waals surface area contributed by atoms with Crippen molar-refractivity contribution in [3.05, 3.63) is 12.7 Å². The van der Waals surface area contributed by atoms with Crippen LogP contribution in [0, 0.1) is 5.92 Å². The zero-order valence-electron chi connectivity index (χ0n) is 10.3. The van der Waals surface area contributed by atoms with Crippen LogP contribution in [0.4, 0.5) is 0 Å². The van der Waals surface area contributed by atoms with Crippen molar-refractivity contribution in [3.63, 3.8) is 0 Å². The van der Waals surface area contributed by atoms with Crippen molar-refractivity contribution in [1.29, 1.82) is 0 Å². The highest BCUT2D eigenvalue weighted by Gasteiger charge is 1.93. The summed E-state index contributed by atoms with van der Waals surface area (Å²) < 4.78 is 1.84. The van der Waals surface area contributed by atoms with Crippen molar-refractivity contribution in [2.45, 2.75) is 26.8 Å². The molecule has 0 amide bonds. The lowest BCUT2D eigenvalue weighted by atomic mass is 10.2. The predicted octanol–water partition coefficient (Wildman–Crippen LogP) is 0.503. The number of hydrogen-bond donors (Lipinski definition) is 2. The van der Waals surface area contributed by atoms with E-state index in [9.17, 15) is 0 Å². The van der Waals surface area contributed by atoms with E-state index in [1.165, 1.54) is 6.42 Å². The number of nitrogens with one attached hydrogen (secondary N) is 2. The summed E-state index contributed by atoms with van der Waals surface area (Å²) >= 11 is 0. The molecule has 0 bridgehead atoms. The molecule has 0 aliphatic heterocycles. The Labute approximate surface area is 97.6 Å². The van der Waals surface area contributed by atoms with Gasteiger partial charge in [0.2, 0.25) is 0 Å². The second-order valence-electron chi connectivity index (χ2n) is 4.36. The monoisotopic (exact) mass is 225 g/mol. The lowest BCUT2D eigenvalue weighted by Crippen LogP contribution is -2.26. The van der Waals surface area contributed by atoms with E-state index in [0.29, 0.717) is 0 Å². The molecule has 0 unspecified atom stereocenters. The Hall–Kier alpha value is -0.940. The van der Waals surface area contributed by atoms with Crippen LogP contribution < -0.4 is 10.6 Å². The number of rotatable bonds is 9. The maximum absolute atomic E-state index is 4.04. The standard InChI is InChI=1S/C11H23N5/c1-11(2)8-13-5-3-4-12-6-7-16-10-14-9-15-16/h9-13H,3-8H2,1-2H3. The molecule has 1 aromatic heterocycles. The summed E-state index contributed by atoms with van der Waals surface area (Å²) in [4.78, 5) is 3.89. The first-order valence-corrected chi connectivity index (χ1v) is 6.03. The van der Waals surface area contributed by atoms with Gasteiger partial charge < -0.3 is 10.6 Å². The van der Waals surface area contributed by atoms with Gasteiger partial charge >= 0.3 is 0 Å². The first-order valence-electron chi connectivity index (χ1n) is 6.03. The largest absolute Gasteiger partial charge is 0.316 e. The minimum Gasteiger partial charge on any atom is -0.316 e. The molecule has 16 heavy (non-hydrogen) atoms. The van der Waals surface area contributed by atoms with Crippen LogP contribution in [0.25, 0.3) is 0 Å². The Morgan fingerprint density at radius 1 is 1.19 bits per heavy atom. The topological polar surface area (TPSA) is 54.8 Å². The number of aromatic nitrogens is 3. The predicted molar refractivity (Wildman–Crippen MR) is 65.2 cm³/mol. The Morgan fingerprint density at radius 3 is 2.69 bits per heavy atom. The molecule has 5 nitrogen and oxygen atoms in total. The summed E-state index contributed by atoms with van der Waals surface area (Å²) in [5.74, 6) is 0.736. The average molecular weight is 225 g/mol. The third kappa shape index (κ3) is 6.53. The second-order valence-corrected chi connectivity index (χ2v) is 4.36. The SMILES string of the molecule is CC(C)CNCCCNCCn1cncn1. The molecule has 0 saturated heterocycles. The highest BCUT2D eigenvalue weighted by molar-refractivity contribution is 4.58. The molecule has 0 fully saturated rings. The molecule has 0 radical (unpaired) electrons. The zero-order valence-corrected chi connectivity index (χ0v) is 10.3. The van der Waals surface area contributed by atoms with Crippen molar-refractivity contribution in [1.82, 2.24) is 25.4 Å². The molecule has 1 aromatic rings. The fourth-order valence-electron chi connectivity index (χ4n) is 1.40. The molecule has 0 aliphatic carbocycles. The van der Waals surface area contributed by atoms with Crippen LogP contribution >= 0.6 is 0 Å². The van der Waals surface area contributed by atoms with E-state index in [-0.39, 0.29) is 0 Å². The van der Waals surface area contributed by atoms with Crippen LogP contribution in [-0.2, 0) is 6.54 Å². The van der Waals surface area contributed by atoms with E-state index in [1.807, 2.05) is 4.68 Å². The van der Waals surface area contributed by atoms with E-state index >= 15 is 0 Å². The second kappa shape index (κ2) is 8.24. The minimum atomic E-state index is 0.736. The quantitative estimate of drug-likeness (QED) is 0.601. The number of nitrogens with zero attached hydrogens (tertiary/aromatic N) is 3. The molecule has 0 saturated carbocycles. The van der Waals surface area contributed by atoms with Crippen LogP contribution in [0.15, 0.2) is 12.7 Å². The Balaban J connectivity index is 1.82. The molecule has 0 aliphatic rings. The van der Waals surface area contributed by atoms with Gasteiger partial charge in [-0.15, -0.1) is 0 Å². The molecular weight excluding hydrogens is 202 g/mol. The first-order chi connectivity index (χ1) is 7.79. The van der Waals surface area contributed by atoms with E-state index in [2.05, 4.69) is 34.6 Å². The Bertz CT molecular complexity index is 245. The first kappa shape index (κ1) is 13.1. The molecule has 2 N–H and O–H groups in total. The molecular formula is C11H23N5. The van der Waals surface area contributed by atoms with Crippen LogP contribution in [0.5, 0.6) is 0 Å². The summed E-state index contributed by atoms with van der Waals surface area (Å²) in [6.07, 6.45) is 4.48. The van der Waals surface area contributed by atoms with Crippen LogP contribution in [0.1, 0.15) is 20.3 Å². The highest BCUT2D eigenvalue weighted by Crippen LogP contribution is 1.86. The molecule has 0 atom stereocenters. The summed E-state index contributed by atoms with van der Waals surface area (Å²) in [6.45, 7) is 9.55. The van der Waals surface area contributed by atoms with Gasteiger partial charge in [-0.05, 0) is 32.0 Å². The van der Waals surface area contributed by atoms with Gasteiger partial charge in [0, 0.05) is 6.54 Å². The van der Waals surface area contributed by atoms with E-state index in [1.54, 1.807) is 12.7 Å². The highest BCUT2D eigenvalue weighted by atomic mass is 15.3. The van der Waals surface area contributed by atoms with Gasteiger partial charge in [-0.25, -0.2) is 4.98 Å². The summed E-state index contributed by atoms with van der Waals surface area (Å²) in [5.41, 5.74) is 0. The van der Waals surface area contributed by atoms with Crippen LogP contribution in [0.3, 0.4) is 0 Å². The van der Waals surface area contributed by atoms with E-state index < -0.39 is 0 Å². The van der Waals surface area contributed by atoms with Gasteiger partial charge in [-0.3, -0.25) is 4.68 Å². The van der Waals surface area contributed by atoms with Gasteiger partial charge in [0.25, 0.3) is 0 Å². The molecule has 0 aromatic carbocycles. The van der Waals surface area contributed by atoms with Gasteiger partial charge in [-0.1, -0.05) is 13.8 Å². The average Bonchev–Trinajstić information content (AvgIpc) is 2.74. The van der Waals surface area contributed by atoms with Crippen molar-refractivity contribution in [3.8, 4) is 0 Å². The fraction of sp³-hybridized carbons (Fsp3) is 0.818. The molecule has 0 spiro atoms. The fourth-order valence-corrected chi connectivity index (χ4v) is 1.40. The van der Waals surface area contributed by atoms with Gasteiger partial charge in [0.1, 0.15) is 12.7 Å². The molecule has 1 heterocycles. The minimum absolute atomic E-state index is 0.736. The van der Waals surface area contributed by atoms with Gasteiger partial charge in [0.05, 0.1) is 6.54 Å². The van der Waals surface area contributed by atoms with Gasteiger partial charge in [0.15, 0.2) is 0 Å². The third-order valence-corrected chi connectivity index (χ3v) is 2.24. The molecule has 5 heteroatoms. The molecule has 92 valence electrons. The van der Waals surface area contributed by atoms with Crippen molar-refractivity contribution in [2.24, 2.45) is 5.92 Å². The van der Waals surface area contributed by atoms with Crippen molar-refractivity contribution in [2.75, 3.05) is 26.2 Å². The van der Waals surface area contributed by atoms with E-state index in [4.69, 9.17) is 0 Å². The van der Waals surface area contributed by atoms with Crippen molar-refractivity contribution >= 4 is 0 Å². The lowest BCUT2D eigenvalue weighted by molar-refractivity contribution is 0.513. The summed E-state index contributed by atoms with van der Waals surface area (Å²) in [6, 6.07) is 0. The third-order valence-electron chi connectivity index (χ3n) is 2.24. The molecule has 1 rings (SSSR count). The normalized spacial score (nSPS) is 11.2. The Kier molecular flexibility index (Phi) is 6.76. The smallest absolute Gasteiger partial charge is 0.137 e. The van der Waals surface area contributed by atoms with Crippen molar-refractivity contribution < 1.29 is 0 Å². The van der Waals surface area contributed by atoms with Crippen LogP contribution in [-0.4, -0.2) is 40.9 Å². The Morgan fingerprint density at radius 2 is 2.00 bits per heavy atom. The van der Waals surface area contributed by atoms with Crippen LogP contribution in [0.2, 0.25) is 0 Å². The summed E-state index contributed by atoms with van der Waals surface area (Å²) in [7, 11) is 0. The van der Waals surface area contributed by atoms with Gasteiger partial charge in [-0.2, -0.15) is 5.10 Å². The maximum atomic E-state index is 4.04. The lowest BCUT2D eigenvalue weighted by Gasteiger charge is -2.08. The maximum Gasteiger partial charge on any atom is 0.137 e. The van der Waals surface area contributed by atoms with E-state index in [0.717, 1.165) is 38.6 Å². The summed E-state index contributed by atoms with van der Waals surface area (Å²) in [5, 5.41) is 10.8. The number of hydrogen-bond acceptors (Lipinski definition) is 4. The zero-order chi connectivity index (χ0) is 11.6.